The highest BCUT2D eigenvalue weighted by molar-refractivity contribution is 4.97. The molecule has 0 bridgehead atoms. The van der Waals surface area contributed by atoms with Crippen LogP contribution in [-0.2, 0) is 0 Å². The fourth-order valence-corrected chi connectivity index (χ4v) is 1.55. The van der Waals surface area contributed by atoms with E-state index in [9.17, 15) is 5.11 Å². The van der Waals surface area contributed by atoms with Gasteiger partial charge in [0, 0.05) is 18.4 Å². The van der Waals surface area contributed by atoms with Gasteiger partial charge in [-0.25, -0.2) is 5.84 Å². The van der Waals surface area contributed by atoms with E-state index in [-0.39, 0.29) is 6.04 Å². The number of piperidine rings is 1. The number of aliphatic hydroxyl groups is 1. The highest BCUT2D eigenvalue weighted by atomic mass is 16.3. The first-order valence-electron chi connectivity index (χ1n) is 5.03. The summed E-state index contributed by atoms with van der Waals surface area (Å²) in [5.74, 6) is 5.80. The molecule has 14 heavy (non-hydrogen) atoms. The molecule has 0 spiro atoms. The summed E-state index contributed by atoms with van der Waals surface area (Å²) in [4.78, 5) is 0. The first-order chi connectivity index (χ1) is 6.65. The SMILES string of the molecule is CC/C(N)=C/N(N)[C@@H]1CCNC[C@H]1O. The Morgan fingerprint density at radius 2 is 2.43 bits per heavy atom. The predicted molar refractivity (Wildman–Crippen MR) is 55.9 cm³/mol. The van der Waals surface area contributed by atoms with E-state index in [2.05, 4.69) is 5.32 Å². The molecule has 1 saturated heterocycles. The maximum atomic E-state index is 9.67. The van der Waals surface area contributed by atoms with Gasteiger partial charge in [-0.2, -0.15) is 0 Å². The smallest absolute Gasteiger partial charge is 0.0883 e. The van der Waals surface area contributed by atoms with E-state index in [1.54, 1.807) is 6.20 Å². The largest absolute Gasteiger partial charge is 0.401 e. The lowest BCUT2D eigenvalue weighted by Gasteiger charge is -2.34. The zero-order valence-electron chi connectivity index (χ0n) is 8.61. The van der Waals surface area contributed by atoms with Gasteiger partial charge in [0.2, 0.25) is 0 Å². The van der Waals surface area contributed by atoms with E-state index in [1.165, 1.54) is 5.01 Å². The van der Waals surface area contributed by atoms with Crippen molar-refractivity contribution < 1.29 is 5.11 Å². The number of hydrogen-bond donors (Lipinski definition) is 4. The Bertz CT molecular complexity index is 207. The summed E-state index contributed by atoms with van der Waals surface area (Å²) in [6.07, 6.45) is 2.90. The van der Waals surface area contributed by atoms with Crippen molar-refractivity contribution in [1.29, 1.82) is 0 Å². The molecule has 0 saturated carbocycles. The van der Waals surface area contributed by atoms with Crippen LogP contribution in [-0.4, -0.2) is 35.4 Å². The Morgan fingerprint density at radius 1 is 1.71 bits per heavy atom. The van der Waals surface area contributed by atoms with Crippen molar-refractivity contribution in [3.63, 3.8) is 0 Å². The molecule has 5 nitrogen and oxygen atoms in total. The van der Waals surface area contributed by atoms with Crippen LogP contribution in [0.4, 0.5) is 0 Å². The highest BCUT2D eigenvalue weighted by Gasteiger charge is 2.25. The van der Waals surface area contributed by atoms with Crippen LogP contribution >= 0.6 is 0 Å². The van der Waals surface area contributed by atoms with Crippen LogP contribution in [0, 0.1) is 0 Å². The molecular formula is C9H20N4O. The fourth-order valence-electron chi connectivity index (χ4n) is 1.55. The Kier molecular flexibility index (Phi) is 4.19. The second kappa shape index (κ2) is 5.19. The standard InChI is InChI=1S/C9H20N4O/c1-2-7(10)6-13(11)8-3-4-12-5-9(8)14/h6,8-9,12,14H,2-5,10-11H2,1H3/b7-6-/t8-,9-/m1/s1. The predicted octanol–water partition coefficient (Wildman–Crippen LogP) is -0.905. The van der Waals surface area contributed by atoms with Crippen LogP contribution in [0.5, 0.6) is 0 Å². The van der Waals surface area contributed by atoms with Gasteiger partial charge < -0.3 is 21.2 Å². The van der Waals surface area contributed by atoms with Crippen molar-refractivity contribution in [2.75, 3.05) is 13.1 Å². The normalized spacial score (nSPS) is 28.9. The van der Waals surface area contributed by atoms with Gasteiger partial charge >= 0.3 is 0 Å². The maximum Gasteiger partial charge on any atom is 0.0883 e. The summed E-state index contributed by atoms with van der Waals surface area (Å²) < 4.78 is 0. The number of hydrazine groups is 1. The van der Waals surface area contributed by atoms with E-state index < -0.39 is 6.10 Å². The monoisotopic (exact) mass is 200 g/mol. The van der Waals surface area contributed by atoms with Crippen molar-refractivity contribution in [3.8, 4) is 0 Å². The molecule has 0 radical (unpaired) electrons. The molecule has 0 aromatic carbocycles. The molecule has 82 valence electrons. The quantitative estimate of drug-likeness (QED) is 0.350. The summed E-state index contributed by atoms with van der Waals surface area (Å²) in [5, 5.41) is 14.3. The Morgan fingerprint density at radius 3 is 3.00 bits per heavy atom. The fraction of sp³-hybridized carbons (Fsp3) is 0.778. The summed E-state index contributed by atoms with van der Waals surface area (Å²) in [7, 11) is 0. The molecule has 1 rings (SSSR count). The average molecular weight is 200 g/mol. The summed E-state index contributed by atoms with van der Waals surface area (Å²) in [5.41, 5.74) is 6.40. The minimum absolute atomic E-state index is 0.0265. The molecule has 0 aliphatic carbocycles. The van der Waals surface area contributed by atoms with Crippen molar-refractivity contribution in [1.82, 2.24) is 10.3 Å². The molecule has 0 amide bonds. The van der Waals surface area contributed by atoms with Crippen LogP contribution < -0.4 is 16.9 Å². The van der Waals surface area contributed by atoms with Crippen LogP contribution in [0.2, 0.25) is 0 Å². The first-order valence-corrected chi connectivity index (χ1v) is 5.03. The van der Waals surface area contributed by atoms with E-state index in [0.717, 1.165) is 25.1 Å². The van der Waals surface area contributed by atoms with Gasteiger partial charge in [0.05, 0.1) is 12.1 Å². The van der Waals surface area contributed by atoms with Crippen LogP contribution in [0.15, 0.2) is 11.9 Å². The summed E-state index contributed by atoms with van der Waals surface area (Å²) in [6.45, 7) is 3.45. The molecule has 1 aliphatic heterocycles. The Hall–Kier alpha value is -0.780. The third-order valence-corrected chi connectivity index (χ3v) is 2.52. The van der Waals surface area contributed by atoms with Crippen LogP contribution in [0.25, 0.3) is 0 Å². The molecule has 1 heterocycles. The van der Waals surface area contributed by atoms with E-state index in [4.69, 9.17) is 11.6 Å². The number of β-amino-alcohol motifs (C(OH)–C–C–N with tert-alkyl or cyclic N) is 1. The van der Waals surface area contributed by atoms with Gasteiger partial charge in [-0.05, 0) is 19.4 Å². The summed E-state index contributed by atoms with van der Waals surface area (Å²) in [6, 6.07) is -0.0265. The number of nitrogens with one attached hydrogen (secondary N) is 1. The average Bonchev–Trinajstić information content (AvgIpc) is 2.18. The topological polar surface area (TPSA) is 87.5 Å². The molecule has 1 fully saturated rings. The highest BCUT2D eigenvalue weighted by Crippen LogP contribution is 2.10. The number of allylic oxidation sites excluding steroid dienone is 1. The molecular weight excluding hydrogens is 180 g/mol. The van der Waals surface area contributed by atoms with Crippen molar-refractivity contribution in [2.45, 2.75) is 31.9 Å². The Balaban J connectivity index is 2.53. The minimum atomic E-state index is -0.422. The lowest BCUT2D eigenvalue weighted by atomic mass is 10.0. The molecule has 0 aromatic heterocycles. The summed E-state index contributed by atoms with van der Waals surface area (Å²) >= 11 is 0. The van der Waals surface area contributed by atoms with Gasteiger partial charge in [0.15, 0.2) is 0 Å². The van der Waals surface area contributed by atoms with E-state index >= 15 is 0 Å². The molecule has 6 N–H and O–H groups in total. The van der Waals surface area contributed by atoms with Crippen molar-refractivity contribution in [2.24, 2.45) is 11.6 Å². The number of nitrogens with two attached hydrogens (primary N) is 2. The second-order valence-corrected chi connectivity index (χ2v) is 3.63. The molecule has 0 unspecified atom stereocenters. The molecule has 5 heteroatoms. The first kappa shape index (κ1) is 11.3. The zero-order chi connectivity index (χ0) is 10.6. The molecule has 0 aromatic rings. The lowest BCUT2D eigenvalue weighted by molar-refractivity contribution is 0.0513. The van der Waals surface area contributed by atoms with Crippen LogP contribution in [0.1, 0.15) is 19.8 Å². The zero-order valence-corrected chi connectivity index (χ0v) is 8.61. The Labute approximate surface area is 84.7 Å². The van der Waals surface area contributed by atoms with E-state index in [0.29, 0.717) is 6.54 Å². The minimum Gasteiger partial charge on any atom is -0.401 e. The van der Waals surface area contributed by atoms with Gasteiger partial charge in [0.1, 0.15) is 0 Å². The second-order valence-electron chi connectivity index (χ2n) is 3.63. The maximum absolute atomic E-state index is 9.67. The van der Waals surface area contributed by atoms with Crippen molar-refractivity contribution >= 4 is 0 Å². The van der Waals surface area contributed by atoms with Gasteiger partial charge in [0.25, 0.3) is 0 Å². The van der Waals surface area contributed by atoms with Crippen molar-refractivity contribution in [3.05, 3.63) is 11.9 Å². The third-order valence-electron chi connectivity index (χ3n) is 2.52. The number of nitrogens with zero attached hydrogens (tertiary/aromatic N) is 1. The van der Waals surface area contributed by atoms with Gasteiger partial charge in [-0.3, -0.25) is 0 Å². The molecule has 2 atom stereocenters. The third kappa shape index (κ3) is 2.87. The molecule has 1 aliphatic rings. The van der Waals surface area contributed by atoms with Crippen LogP contribution in [0.3, 0.4) is 0 Å². The number of hydrogen-bond acceptors (Lipinski definition) is 5. The number of aliphatic hydroxyl groups excluding tert-OH is 1. The number of rotatable bonds is 3. The lowest BCUT2D eigenvalue weighted by Crippen LogP contribution is -2.53. The van der Waals surface area contributed by atoms with Gasteiger partial charge in [-0.15, -0.1) is 0 Å². The van der Waals surface area contributed by atoms with E-state index in [1.807, 2.05) is 6.92 Å². The van der Waals surface area contributed by atoms with Gasteiger partial charge in [-0.1, -0.05) is 6.92 Å².